The zero-order chi connectivity index (χ0) is 39.8. The standard InChI is InChI=1S/C58H40N2/c1-2-14-41(15-3-1)47-18-12-19-50(40-47)59(48-36-32-43(33-37-48)42-28-30-45(31-29-42)52-24-13-17-44-16-4-5-20-51(44)52)49-38-34-46(35-39-49)53-21-6-9-25-56(53)60-57-26-10-7-22-54(57)55-23-8-11-27-58(55)60/h1-40H. The van der Waals surface area contributed by atoms with Crippen LogP contribution in [-0.2, 0) is 0 Å². The Bertz CT molecular complexity index is 3230. The van der Waals surface area contributed by atoms with E-state index < -0.39 is 0 Å². The second-order valence-electron chi connectivity index (χ2n) is 15.3. The van der Waals surface area contributed by atoms with Crippen LogP contribution >= 0.6 is 0 Å². The summed E-state index contributed by atoms with van der Waals surface area (Å²) >= 11 is 0. The SMILES string of the molecule is c1ccc(-c2cccc(N(c3ccc(-c4ccc(-c5cccc6ccccc56)cc4)cc3)c3ccc(-c4ccccc4-n4c5ccccc5c5ccccc54)cc3)c2)cc1. The molecule has 2 nitrogen and oxygen atoms in total. The van der Waals surface area contributed by atoms with Crippen LogP contribution < -0.4 is 4.90 Å². The fraction of sp³-hybridized carbons (Fsp3) is 0. The van der Waals surface area contributed by atoms with Crippen molar-refractivity contribution in [2.24, 2.45) is 0 Å². The number of hydrogen-bond donors (Lipinski definition) is 0. The second-order valence-corrected chi connectivity index (χ2v) is 15.3. The fourth-order valence-corrected chi connectivity index (χ4v) is 8.91. The van der Waals surface area contributed by atoms with E-state index in [-0.39, 0.29) is 0 Å². The summed E-state index contributed by atoms with van der Waals surface area (Å²) in [6.45, 7) is 0. The third-order valence-electron chi connectivity index (χ3n) is 11.8. The summed E-state index contributed by atoms with van der Waals surface area (Å²) in [5.74, 6) is 0. The number of benzene rings is 10. The predicted molar refractivity (Wildman–Crippen MR) is 255 cm³/mol. The Balaban J connectivity index is 0.968. The van der Waals surface area contributed by atoms with Gasteiger partial charge >= 0.3 is 0 Å². The summed E-state index contributed by atoms with van der Waals surface area (Å²) in [6, 6.07) is 87.8. The number of hydrogen-bond acceptors (Lipinski definition) is 1. The summed E-state index contributed by atoms with van der Waals surface area (Å²) in [7, 11) is 0. The zero-order valence-corrected chi connectivity index (χ0v) is 33.0. The fourth-order valence-electron chi connectivity index (χ4n) is 8.91. The van der Waals surface area contributed by atoms with Gasteiger partial charge in [-0.15, -0.1) is 0 Å². The molecule has 0 aliphatic carbocycles. The van der Waals surface area contributed by atoms with Crippen LogP contribution in [0.2, 0.25) is 0 Å². The van der Waals surface area contributed by atoms with Crippen LogP contribution in [0.1, 0.15) is 0 Å². The third kappa shape index (κ3) is 6.32. The van der Waals surface area contributed by atoms with Gasteiger partial charge in [0.05, 0.1) is 16.7 Å². The monoisotopic (exact) mass is 764 g/mol. The molecular formula is C58H40N2. The smallest absolute Gasteiger partial charge is 0.0541 e. The van der Waals surface area contributed by atoms with Crippen molar-refractivity contribution in [3.05, 3.63) is 243 Å². The summed E-state index contributed by atoms with van der Waals surface area (Å²) in [5.41, 5.74) is 16.4. The minimum Gasteiger partial charge on any atom is -0.310 e. The number of aromatic nitrogens is 1. The Kier molecular flexibility index (Phi) is 8.87. The molecule has 0 atom stereocenters. The van der Waals surface area contributed by atoms with Crippen molar-refractivity contribution in [2.75, 3.05) is 4.90 Å². The van der Waals surface area contributed by atoms with Crippen molar-refractivity contribution in [1.29, 1.82) is 0 Å². The Hall–Kier alpha value is -7.94. The lowest BCUT2D eigenvalue weighted by atomic mass is 9.96. The van der Waals surface area contributed by atoms with Gasteiger partial charge in [-0.2, -0.15) is 0 Å². The van der Waals surface area contributed by atoms with Gasteiger partial charge in [0.15, 0.2) is 0 Å². The molecule has 10 aromatic carbocycles. The topological polar surface area (TPSA) is 8.17 Å². The molecule has 2 heteroatoms. The molecule has 1 aromatic heterocycles. The van der Waals surface area contributed by atoms with Crippen LogP contribution in [0.3, 0.4) is 0 Å². The van der Waals surface area contributed by atoms with E-state index >= 15 is 0 Å². The number of nitrogens with zero attached hydrogens (tertiary/aromatic N) is 2. The van der Waals surface area contributed by atoms with Crippen molar-refractivity contribution in [3.8, 4) is 50.2 Å². The van der Waals surface area contributed by atoms with Crippen molar-refractivity contribution in [3.63, 3.8) is 0 Å². The quantitative estimate of drug-likeness (QED) is 0.150. The molecule has 0 radical (unpaired) electrons. The lowest BCUT2D eigenvalue weighted by Gasteiger charge is -2.26. The van der Waals surface area contributed by atoms with Gasteiger partial charge in [0.1, 0.15) is 0 Å². The molecule has 60 heavy (non-hydrogen) atoms. The van der Waals surface area contributed by atoms with Gasteiger partial charge in [0, 0.05) is 33.4 Å². The summed E-state index contributed by atoms with van der Waals surface area (Å²) in [4.78, 5) is 2.36. The van der Waals surface area contributed by atoms with Gasteiger partial charge in [-0.3, -0.25) is 0 Å². The average Bonchev–Trinajstić information content (AvgIpc) is 3.67. The van der Waals surface area contributed by atoms with E-state index in [1.165, 1.54) is 71.5 Å². The zero-order valence-electron chi connectivity index (χ0n) is 33.0. The molecule has 0 unspecified atom stereocenters. The van der Waals surface area contributed by atoms with E-state index in [0.29, 0.717) is 0 Å². The minimum absolute atomic E-state index is 1.09. The number of fused-ring (bicyclic) bond motifs is 4. The summed E-state index contributed by atoms with van der Waals surface area (Å²) in [6.07, 6.45) is 0. The largest absolute Gasteiger partial charge is 0.310 e. The Morgan fingerprint density at radius 1 is 0.267 bits per heavy atom. The molecule has 0 bridgehead atoms. The average molecular weight is 765 g/mol. The predicted octanol–water partition coefficient (Wildman–Crippen LogP) is 16.1. The maximum atomic E-state index is 2.41. The van der Waals surface area contributed by atoms with Crippen LogP contribution in [0.15, 0.2) is 243 Å². The van der Waals surface area contributed by atoms with Gasteiger partial charge in [0.2, 0.25) is 0 Å². The molecule has 11 aromatic rings. The maximum absolute atomic E-state index is 2.41. The molecule has 0 saturated carbocycles. The van der Waals surface area contributed by atoms with Gasteiger partial charge in [-0.05, 0) is 104 Å². The summed E-state index contributed by atoms with van der Waals surface area (Å²) < 4.78 is 2.41. The normalized spacial score (nSPS) is 11.3. The lowest BCUT2D eigenvalue weighted by molar-refractivity contribution is 1.18. The van der Waals surface area contributed by atoms with E-state index in [4.69, 9.17) is 0 Å². The summed E-state index contributed by atoms with van der Waals surface area (Å²) in [5, 5.41) is 5.05. The molecule has 1 heterocycles. The highest BCUT2D eigenvalue weighted by Gasteiger charge is 2.18. The van der Waals surface area contributed by atoms with Gasteiger partial charge < -0.3 is 9.47 Å². The molecule has 0 fully saturated rings. The number of rotatable bonds is 8. The highest BCUT2D eigenvalue weighted by molar-refractivity contribution is 6.09. The first-order valence-corrected chi connectivity index (χ1v) is 20.6. The van der Waals surface area contributed by atoms with Gasteiger partial charge in [-0.25, -0.2) is 0 Å². The highest BCUT2D eigenvalue weighted by atomic mass is 15.1. The van der Waals surface area contributed by atoms with Crippen LogP contribution in [0, 0.1) is 0 Å². The first kappa shape index (κ1) is 35.2. The van der Waals surface area contributed by atoms with Crippen molar-refractivity contribution in [2.45, 2.75) is 0 Å². The maximum Gasteiger partial charge on any atom is 0.0541 e. The first-order chi connectivity index (χ1) is 29.8. The van der Waals surface area contributed by atoms with Gasteiger partial charge in [0.25, 0.3) is 0 Å². The van der Waals surface area contributed by atoms with Crippen LogP contribution in [-0.4, -0.2) is 4.57 Å². The van der Waals surface area contributed by atoms with Gasteiger partial charge in [-0.1, -0.05) is 188 Å². The van der Waals surface area contributed by atoms with Crippen molar-refractivity contribution in [1.82, 2.24) is 4.57 Å². The molecular weight excluding hydrogens is 725 g/mol. The third-order valence-corrected chi connectivity index (χ3v) is 11.8. The van der Waals surface area contributed by atoms with Crippen LogP contribution in [0.4, 0.5) is 17.1 Å². The lowest BCUT2D eigenvalue weighted by Crippen LogP contribution is -2.10. The molecule has 0 N–H and O–H groups in total. The molecule has 0 aliphatic heterocycles. The van der Waals surface area contributed by atoms with E-state index in [1.54, 1.807) is 0 Å². The highest BCUT2D eigenvalue weighted by Crippen LogP contribution is 2.41. The Labute approximate surface area is 350 Å². The van der Waals surface area contributed by atoms with Crippen LogP contribution in [0.5, 0.6) is 0 Å². The minimum atomic E-state index is 1.09. The molecule has 282 valence electrons. The number of para-hydroxylation sites is 3. The Morgan fingerprint density at radius 2 is 0.717 bits per heavy atom. The van der Waals surface area contributed by atoms with E-state index in [1.807, 2.05) is 0 Å². The van der Waals surface area contributed by atoms with E-state index in [0.717, 1.165) is 28.3 Å². The molecule has 0 amide bonds. The van der Waals surface area contributed by atoms with Crippen molar-refractivity contribution >= 4 is 49.6 Å². The van der Waals surface area contributed by atoms with E-state index in [2.05, 4.69) is 252 Å². The van der Waals surface area contributed by atoms with Crippen molar-refractivity contribution < 1.29 is 0 Å². The van der Waals surface area contributed by atoms with Crippen LogP contribution in [0.25, 0.3) is 82.8 Å². The molecule has 11 rings (SSSR count). The molecule has 0 saturated heterocycles. The molecule has 0 spiro atoms. The second kappa shape index (κ2) is 15.1. The number of anilines is 3. The first-order valence-electron chi connectivity index (χ1n) is 20.6. The molecule has 0 aliphatic rings. The van der Waals surface area contributed by atoms with E-state index in [9.17, 15) is 0 Å². The Morgan fingerprint density at radius 3 is 1.42 bits per heavy atom.